The maximum atomic E-state index is 5.31. The zero-order valence-corrected chi connectivity index (χ0v) is 9.29. The Hall–Kier alpha value is -0.980. The topological polar surface area (TPSA) is 26.0 Å². The lowest BCUT2D eigenvalue weighted by Gasteiger charge is -2.24. The van der Waals surface area contributed by atoms with Gasteiger partial charge in [-0.25, -0.2) is 0 Å². The molecule has 0 saturated carbocycles. The minimum Gasteiger partial charge on any atom is -0.405 e. The van der Waals surface area contributed by atoms with E-state index in [1.165, 1.54) is 31.3 Å². The van der Waals surface area contributed by atoms with Crippen molar-refractivity contribution in [2.24, 2.45) is 11.1 Å². The molecule has 0 saturated heterocycles. The Morgan fingerprint density at radius 1 is 1.43 bits per heavy atom. The van der Waals surface area contributed by atoms with E-state index in [-0.39, 0.29) is 0 Å². The lowest BCUT2D eigenvalue weighted by atomic mass is 9.81. The monoisotopic (exact) mass is 191 g/mol. The molecule has 0 unspecified atom stereocenters. The van der Waals surface area contributed by atoms with E-state index >= 15 is 0 Å². The third-order valence-electron chi connectivity index (χ3n) is 2.74. The van der Waals surface area contributed by atoms with E-state index in [1.807, 2.05) is 6.08 Å². The molecule has 0 amide bonds. The summed E-state index contributed by atoms with van der Waals surface area (Å²) in [7, 11) is 0. The zero-order valence-electron chi connectivity index (χ0n) is 9.29. The molecule has 0 radical (unpaired) electrons. The second-order valence-corrected chi connectivity index (χ2v) is 4.75. The van der Waals surface area contributed by atoms with E-state index in [2.05, 4.69) is 32.1 Å². The number of nitrogens with two attached hydrogens (primary N) is 1. The van der Waals surface area contributed by atoms with Gasteiger partial charge in [0.05, 0.1) is 0 Å². The lowest BCUT2D eigenvalue weighted by molar-refractivity contribution is 0.327. The maximum Gasteiger partial charge on any atom is -0.00623 e. The Bertz CT molecular complexity index is 256. The molecule has 0 aromatic carbocycles. The van der Waals surface area contributed by atoms with Crippen molar-refractivity contribution in [1.82, 2.24) is 0 Å². The van der Waals surface area contributed by atoms with Crippen molar-refractivity contribution in [2.75, 3.05) is 0 Å². The van der Waals surface area contributed by atoms with E-state index in [9.17, 15) is 0 Å². The first-order chi connectivity index (χ1) is 6.64. The summed E-state index contributed by atoms with van der Waals surface area (Å²) in [5.74, 6) is 0. The third-order valence-corrected chi connectivity index (χ3v) is 2.74. The van der Waals surface area contributed by atoms with Crippen LogP contribution in [0.1, 0.15) is 39.5 Å². The maximum absolute atomic E-state index is 5.31. The fourth-order valence-corrected chi connectivity index (χ4v) is 1.80. The van der Waals surface area contributed by atoms with E-state index in [0.29, 0.717) is 5.41 Å². The van der Waals surface area contributed by atoms with Crippen LogP contribution >= 0.6 is 0 Å². The summed E-state index contributed by atoms with van der Waals surface area (Å²) in [5.41, 5.74) is 7.18. The Balaban J connectivity index is 2.64. The van der Waals surface area contributed by atoms with Crippen LogP contribution in [0.5, 0.6) is 0 Å². The second kappa shape index (κ2) is 5.04. The molecule has 1 rings (SSSR count). The van der Waals surface area contributed by atoms with E-state index in [0.717, 1.165) is 0 Å². The van der Waals surface area contributed by atoms with Crippen LogP contribution in [-0.2, 0) is 0 Å². The van der Waals surface area contributed by atoms with Gasteiger partial charge in [-0.1, -0.05) is 32.1 Å². The van der Waals surface area contributed by atoms with Crippen molar-refractivity contribution in [3.8, 4) is 0 Å². The quantitative estimate of drug-likeness (QED) is 0.674. The highest BCUT2D eigenvalue weighted by atomic mass is 14.5. The predicted octanol–water partition coefficient (Wildman–Crippen LogP) is 3.54. The first kappa shape index (κ1) is 11.1. The molecule has 0 bridgehead atoms. The molecule has 78 valence electrons. The normalized spacial score (nSPS) is 27.4. The first-order valence-corrected chi connectivity index (χ1v) is 5.38. The van der Waals surface area contributed by atoms with Crippen LogP contribution in [0.4, 0.5) is 0 Å². The van der Waals surface area contributed by atoms with Crippen molar-refractivity contribution in [3.05, 3.63) is 36.1 Å². The summed E-state index contributed by atoms with van der Waals surface area (Å²) < 4.78 is 0. The molecule has 1 aliphatic carbocycles. The minimum atomic E-state index is 0.478. The number of allylic oxidation sites excluding steroid dienone is 5. The Morgan fingerprint density at radius 2 is 2.21 bits per heavy atom. The summed E-state index contributed by atoms with van der Waals surface area (Å²) >= 11 is 0. The smallest absolute Gasteiger partial charge is 0.00623 e. The average Bonchev–Trinajstić information content (AvgIpc) is 2.10. The number of rotatable bonds is 1. The van der Waals surface area contributed by atoms with Crippen molar-refractivity contribution >= 4 is 0 Å². The molecule has 1 heteroatoms. The summed E-state index contributed by atoms with van der Waals surface area (Å²) in [4.78, 5) is 0. The van der Waals surface area contributed by atoms with Crippen molar-refractivity contribution in [1.29, 1.82) is 0 Å². The molecule has 0 aromatic rings. The molecule has 1 aliphatic rings. The minimum absolute atomic E-state index is 0.478. The number of hydrogen-bond donors (Lipinski definition) is 1. The van der Waals surface area contributed by atoms with Gasteiger partial charge in [0.25, 0.3) is 0 Å². The fourth-order valence-electron chi connectivity index (χ4n) is 1.80. The van der Waals surface area contributed by atoms with Gasteiger partial charge in [0.2, 0.25) is 0 Å². The van der Waals surface area contributed by atoms with E-state index in [4.69, 9.17) is 5.73 Å². The van der Waals surface area contributed by atoms with Gasteiger partial charge in [0, 0.05) is 0 Å². The lowest BCUT2D eigenvalue weighted by Crippen LogP contribution is -2.11. The van der Waals surface area contributed by atoms with Gasteiger partial charge < -0.3 is 5.73 Å². The Kier molecular flexibility index (Phi) is 3.99. The largest absolute Gasteiger partial charge is 0.405 e. The molecule has 0 aromatic heterocycles. The SMILES string of the molecule is CC1(C)C/C=C/C(=C\C=C/N)CCC1. The van der Waals surface area contributed by atoms with E-state index < -0.39 is 0 Å². The predicted molar refractivity (Wildman–Crippen MR) is 62.8 cm³/mol. The van der Waals surface area contributed by atoms with Crippen LogP contribution in [0, 0.1) is 5.41 Å². The van der Waals surface area contributed by atoms with Crippen LogP contribution in [0.25, 0.3) is 0 Å². The molecular formula is C13H21N. The Morgan fingerprint density at radius 3 is 2.93 bits per heavy atom. The highest BCUT2D eigenvalue weighted by Gasteiger charge is 2.16. The van der Waals surface area contributed by atoms with Crippen LogP contribution in [0.2, 0.25) is 0 Å². The van der Waals surface area contributed by atoms with Crippen molar-refractivity contribution in [3.63, 3.8) is 0 Å². The van der Waals surface area contributed by atoms with Crippen LogP contribution in [-0.4, -0.2) is 0 Å². The summed E-state index contributed by atoms with van der Waals surface area (Å²) in [6, 6.07) is 0. The fraction of sp³-hybridized carbons (Fsp3) is 0.538. The van der Waals surface area contributed by atoms with Gasteiger partial charge in [-0.3, -0.25) is 0 Å². The molecule has 0 fully saturated rings. The summed E-state index contributed by atoms with van der Waals surface area (Å²) in [5, 5.41) is 0. The average molecular weight is 191 g/mol. The summed E-state index contributed by atoms with van der Waals surface area (Å²) in [6.07, 6.45) is 15.1. The third kappa shape index (κ3) is 3.82. The molecule has 0 atom stereocenters. The zero-order chi connectivity index (χ0) is 10.4. The highest BCUT2D eigenvalue weighted by Crippen LogP contribution is 2.31. The van der Waals surface area contributed by atoms with Crippen molar-refractivity contribution < 1.29 is 0 Å². The molecular weight excluding hydrogens is 170 g/mol. The second-order valence-electron chi connectivity index (χ2n) is 4.75. The van der Waals surface area contributed by atoms with Crippen LogP contribution < -0.4 is 5.73 Å². The van der Waals surface area contributed by atoms with E-state index in [1.54, 1.807) is 6.20 Å². The van der Waals surface area contributed by atoms with Crippen LogP contribution in [0.15, 0.2) is 36.1 Å². The molecule has 14 heavy (non-hydrogen) atoms. The van der Waals surface area contributed by atoms with Gasteiger partial charge in [0.15, 0.2) is 0 Å². The van der Waals surface area contributed by atoms with Crippen LogP contribution in [0.3, 0.4) is 0 Å². The first-order valence-electron chi connectivity index (χ1n) is 5.38. The molecule has 0 aliphatic heterocycles. The molecule has 0 heterocycles. The van der Waals surface area contributed by atoms with Gasteiger partial charge >= 0.3 is 0 Å². The van der Waals surface area contributed by atoms with Gasteiger partial charge in [-0.2, -0.15) is 0 Å². The molecule has 2 N–H and O–H groups in total. The molecule has 0 spiro atoms. The molecule has 1 nitrogen and oxygen atoms in total. The van der Waals surface area contributed by atoms with Gasteiger partial charge in [-0.05, 0) is 48.9 Å². The number of hydrogen-bond acceptors (Lipinski definition) is 1. The standard InChI is InChI=1S/C13H21N/c1-13(2)9-3-6-12(7-4-10-13)8-5-11-14/h3,5-6,8,11H,4,7,9-10,14H2,1-2H3/b6-3+,11-5-,12-8+. The van der Waals surface area contributed by atoms with Gasteiger partial charge in [0.1, 0.15) is 0 Å². The van der Waals surface area contributed by atoms with Crippen molar-refractivity contribution in [2.45, 2.75) is 39.5 Å². The van der Waals surface area contributed by atoms with Gasteiger partial charge in [-0.15, -0.1) is 0 Å². The Labute approximate surface area is 87.4 Å². The summed E-state index contributed by atoms with van der Waals surface area (Å²) in [6.45, 7) is 4.68. The highest BCUT2D eigenvalue weighted by molar-refractivity contribution is 5.24.